The maximum atomic E-state index is 13.2. The molecule has 1 aliphatic rings. The molecule has 7 heteroatoms. The number of halogens is 3. The largest absolute Gasteiger partial charge is 0.323 e. The van der Waals surface area contributed by atoms with E-state index < -0.39 is 5.82 Å². The number of amides is 2. The normalized spacial score (nSPS) is 17.3. The Morgan fingerprint density at radius 1 is 1.22 bits per heavy atom. The Bertz CT molecular complexity index is 727. The molecule has 3 rings (SSSR count). The van der Waals surface area contributed by atoms with Crippen LogP contribution in [-0.2, 0) is 0 Å². The molecule has 0 bridgehead atoms. The van der Waals surface area contributed by atoms with Gasteiger partial charge in [-0.3, -0.25) is 0 Å². The average molecular weight is 355 g/mol. The summed E-state index contributed by atoms with van der Waals surface area (Å²) in [7, 11) is 0. The highest BCUT2D eigenvalue weighted by atomic mass is 35.5. The number of rotatable bonds is 2. The van der Waals surface area contributed by atoms with Crippen molar-refractivity contribution in [2.45, 2.75) is 5.37 Å². The molecule has 1 saturated heterocycles. The summed E-state index contributed by atoms with van der Waals surface area (Å²) in [5, 5.41) is 2.49. The fourth-order valence-electron chi connectivity index (χ4n) is 2.35. The van der Waals surface area contributed by atoms with Gasteiger partial charge in [0.25, 0.3) is 0 Å². The van der Waals surface area contributed by atoms with Gasteiger partial charge in [-0.1, -0.05) is 23.7 Å². The molecule has 2 aromatic carbocycles. The molecule has 1 aliphatic heterocycles. The number of carbonyl (C=O) groups is 1. The van der Waals surface area contributed by atoms with E-state index in [0.717, 1.165) is 11.3 Å². The molecule has 1 fully saturated rings. The lowest BCUT2D eigenvalue weighted by Crippen LogP contribution is -2.34. The number of carbonyl (C=O) groups excluding carboxylic acids is 1. The first-order chi connectivity index (χ1) is 11.0. The Labute approximate surface area is 141 Å². The summed E-state index contributed by atoms with van der Waals surface area (Å²) in [6, 6.07) is 9.83. The van der Waals surface area contributed by atoms with Gasteiger partial charge in [0, 0.05) is 18.0 Å². The van der Waals surface area contributed by atoms with Crippen LogP contribution in [0.4, 0.5) is 19.3 Å². The summed E-state index contributed by atoms with van der Waals surface area (Å²) >= 11 is 7.33. The molecule has 2 amide bonds. The molecule has 0 spiro atoms. The van der Waals surface area contributed by atoms with E-state index in [4.69, 9.17) is 11.6 Å². The lowest BCUT2D eigenvalue weighted by atomic mass is 10.2. The van der Waals surface area contributed by atoms with Gasteiger partial charge in [-0.15, -0.1) is 11.8 Å². The van der Waals surface area contributed by atoms with Crippen LogP contribution in [0.3, 0.4) is 0 Å². The third kappa shape index (κ3) is 3.59. The first-order valence-corrected chi connectivity index (χ1v) is 8.37. The van der Waals surface area contributed by atoms with Crippen LogP contribution < -0.4 is 5.32 Å². The predicted octanol–water partition coefficient (Wildman–Crippen LogP) is 4.90. The van der Waals surface area contributed by atoms with Gasteiger partial charge in [-0.25, -0.2) is 13.6 Å². The van der Waals surface area contributed by atoms with Crippen LogP contribution in [0.2, 0.25) is 5.02 Å². The Kier molecular flexibility index (Phi) is 4.73. The quantitative estimate of drug-likeness (QED) is 0.832. The van der Waals surface area contributed by atoms with Crippen molar-refractivity contribution < 1.29 is 13.6 Å². The van der Waals surface area contributed by atoms with Crippen LogP contribution in [0.15, 0.2) is 42.5 Å². The van der Waals surface area contributed by atoms with Crippen LogP contribution in [0, 0.1) is 11.6 Å². The summed E-state index contributed by atoms with van der Waals surface area (Å²) in [6.07, 6.45) is 0. The molecule has 23 heavy (non-hydrogen) atoms. The molecule has 0 aromatic heterocycles. The Hall–Kier alpha value is -1.79. The molecule has 0 unspecified atom stereocenters. The Morgan fingerprint density at radius 2 is 1.96 bits per heavy atom. The molecule has 120 valence electrons. The van der Waals surface area contributed by atoms with Crippen molar-refractivity contribution in [3.63, 3.8) is 0 Å². The summed E-state index contributed by atoms with van der Waals surface area (Å²) in [6.45, 7) is 0.577. The summed E-state index contributed by atoms with van der Waals surface area (Å²) in [5.74, 6) is -0.0566. The van der Waals surface area contributed by atoms with Gasteiger partial charge in [-0.05, 0) is 35.9 Å². The highest BCUT2D eigenvalue weighted by molar-refractivity contribution is 7.99. The molecular formula is C16H13ClF2N2OS. The second-order valence-corrected chi connectivity index (χ2v) is 6.62. The van der Waals surface area contributed by atoms with Gasteiger partial charge < -0.3 is 10.2 Å². The maximum Gasteiger partial charge on any atom is 0.323 e. The smallest absolute Gasteiger partial charge is 0.308 e. The van der Waals surface area contributed by atoms with Gasteiger partial charge in [0.1, 0.15) is 17.0 Å². The lowest BCUT2D eigenvalue weighted by Gasteiger charge is -2.24. The number of urea groups is 1. The zero-order valence-electron chi connectivity index (χ0n) is 11.9. The lowest BCUT2D eigenvalue weighted by molar-refractivity contribution is 0.214. The molecule has 0 aliphatic carbocycles. The second-order valence-electron chi connectivity index (χ2n) is 5.03. The van der Waals surface area contributed by atoms with E-state index in [1.807, 2.05) is 0 Å². The van der Waals surface area contributed by atoms with Gasteiger partial charge >= 0.3 is 6.03 Å². The van der Waals surface area contributed by atoms with Crippen LogP contribution in [0.1, 0.15) is 10.9 Å². The van der Waals surface area contributed by atoms with E-state index in [-0.39, 0.29) is 22.2 Å². The second kappa shape index (κ2) is 6.76. The molecular weight excluding hydrogens is 342 g/mol. The van der Waals surface area contributed by atoms with Crippen LogP contribution in [0.25, 0.3) is 0 Å². The molecule has 1 N–H and O–H groups in total. The number of benzene rings is 2. The zero-order chi connectivity index (χ0) is 16.4. The van der Waals surface area contributed by atoms with E-state index in [0.29, 0.717) is 12.2 Å². The molecule has 1 heterocycles. The molecule has 2 aromatic rings. The predicted molar refractivity (Wildman–Crippen MR) is 88.7 cm³/mol. The fraction of sp³-hybridized carbons (Fsp3) is 0.188. The number of thioether (sulfide) groups is 1. The molecule has 0 saturated carbocycles. The number of hydrogen-bond acceptors (Lipinski definition) is 2. The number of nitrogens with one attached hydrogen (secondary N) is 1. The Balaban J connectivity index is 1.75. The van der Waals surface area contributed by atoms with Crippen molar-refractivity contribution in [1.82, 2.24) is 4.90 Å². The number of nitrogens with zero attached hydrogens (tertiary/aromatic N) is 1. The van der Waals surface area contributed by atoms with E-state index in [9.17, 15) is 13.6 Å². The number of hydrogen-bond donors (Lipinski definition) is 1. The first-order valence-electron chi connectivity index (χ1n) is 6.94. The van der Waals surface area contributed by atoms with Crippen molar-refractivity contribution in [2.24, 2.45) is 0 Å². The van der Waals surface area contributed by atoms with Crippen molar-refractivity contribution in [1.29, 1.82) is 0 Å². The minimum Gasteiger partial charge on any atom is -0.308 e. The van der Waals surface area contributed by atoms with Crippen LogP contribution in [0.5, 0.6) is 0 Å². The fourth-order valence-corrected chi connectivity index (χ4v) is 3.79. The maximum absolute atomic E-state index is 13.2. The highest BCUT2D eigenvalue weighted by Crippen LogP contribution is 2.38. The summed E-state index contributed by atoms with van der Waals surface area (Å²) in [4.78, 5) is 14.1. The topological polar surface area (TPSA) is 32.3 Å². The zero-order valence-corrected chi connectivity index (χ0v) is 13.5. The van der Waals surface area contributed by atoms with Crippen molar-refractivity contribution >= 4 is 35.1 Å². The van der Waals surface area contributed by atoms with E-state index in [2.05, 4.69) is 5.32 Å². The van der Waals surface area contributed by atoms with Crippen LogP contribution >= 0.6 is 23.4 Å². The molecule has 0 radical (unpaired) electrons. The third-order valence-corrected chi connectivity index (χ3v) is 5.03. The van der Waals surface area contributed by atoms with E-state index in [1.54, 1.807) is 28.8 Å². The SMILES string of the molecule is O=C(Nc1ccc(F)c(Cl)c1)N1CCS[C@@H]1c1ccc(F)cc1. The summed E-state index contributed by atoms with van der Waals surface area (Å²) < 4.78 is 26.2. The van der Waals surface area contributed by atoms with Crippen molar-refractivity contribution in [2.75, 3.05) is 17.6 Å². The standard InChI is InChI=1S/C16H13ClF2N2OS/c17-13-9-12(5-6-14(13)19)20-16(22)21-7-8-23-15(21)10-1-3-11(18)4-2-10/h1-6,9,15H,7-8H2,(H,20,22)/t15-/m1/s1. The van der Waals surface area contributed by atoms with Crippen LogP contribution in [-0.4, -0.2) is 23.2 Å². The average Bonchev–Trinajstić information content (AvgIpc) is 3.01. The van der Waals surface area contributed by atoms with E-state index in [1.165, 1.54) is 30.3 Å². The third-order valence-electron chi connectivity index (χ3n) is 3.48. The van der Waals surface area contributed by atoms with E-state index >= 15 is 0 Å². The Morgan fingerprint density at radius 3 is 2.65 bits per heavy atom. The van der Waals surface area contributed by atoms with Gasteiger partial charge in [-0.2, -0.15) is 0 Å². The van der Waals surface area contributed by atoms with Crippen molar-refractivity contribution in [3.8, 4) is 0 Å². The minimum absolute atomic E-state index is 0.0475. The number of anilines is 1. The molecule has 3 nitrogen and oxygen atoms in total. The minimum atomic E-state index is -0.536. The monoisotopic (exact) mass is 354 g/mol. The van der Waals surface area contributed by atoms with Crippen molar-refractivity contribution in [3.05, 3.63) is 64.7 Å². The summed E-state index contributed by atoms with van der Waals surface area (Å²) in [5.41, 5.74) is 1.29. The highest BCUT2D eigenvalue weighted by Gasteiger charge is 2.30. The molecule has 1 atom stereocenters. The van der Waals surface area contributed by atoms with Gasteiger partial charge in [0.2, 0.25) is 0 Å². The van der Waals surface area contributed by atoms with Gasteiger partial charge in [0.15, 0.2) is 0 Å². The first kappa shape index (κ1) is 16.1. The van der Waals surface area contributed by atoms with Gasteiger partial charge in [0.05, 0.1) is 5.02 Å².